The summed E-state index contributed by atoms with van der Waals surface area (Å²) < 4.78 is 0. The van der Waals surface area contributed by atoms with Crippen LogP contribution in [0, 0.1) is 6.92 Å². The number of nitrogens with one attached hydrogen (secondary N) is 1. The highest BCUT2D eigenvalue weighted by Crippen LogP contribution is 2.45. The maximum atomic E-state index is 13.6. The van der Waals surface area contributed by atoms with Gasteiger partial charge in [0.25, 0.3) is 5.91 Å². The topological polar surface area (TPSA) is 69.6 Å². The van der Waals surface area contributed by atoms with Crippen molar-refractivity contribution in [3.05, 3.63) is 95.1 Å². The molecular formula is C35H42N2O3S. The highest BCUT2D eigenvalue weighted by molar-refractivity contribution is 7.98. The third-order valence-corrected chi connectivity index (χ3v) is 9.48. The van der Waals surface area contributed by atoms with E-state index in [4.69, 9.17) is 0 Å². The van der Waals surface area contributed by atoms with Crippen molar-refractivity contribution in [2.45, 2.75) is 82.5 Å². The summed E-state index contributed by atoms with van der Waals surface area (Å²) in [6.45, 7) is 2.91. The molecule has 41 heavy (non-hydrogen) atoms. The van der Waals surface area contributed by atoms with Crippen LogP contribution in [-0.2, 0) is 17.8 Å². The van der Waals surface area contributed by atoms with Crippen LogP contribution in [0.4, 0.5) is 0 Å². The second kappa shape index (κ2) is 13.3. The predicted molar refractivity (Wildman–Crippen MR) is 168 cm³/mol. The smallest absolute Gasteiger partial charge is 0.326 e. The highest BCUT2D eigenvalue weighted by Gasteiger charge is 2.45. The maximum absolute atomic E-state index is 13.6. The highest BCUT2D eigenvalue weighted by atomic mass is 32.2. The van der Waals surface area contributed by atoms with Crippen LogP contribution >= 0.6 is 11.8 Å². The van der Waals surface area contributed by atoms with E-state index in [-0.39, 0.29) is 11.4 Å². The largest absolute Gasteiger partial charge is 0.480 e. The molecule has 2 saturated carbocycles. The molecule has 216 valence electrons. The summed E-state index contributed by atoms with van der Waals surface area (Å²) in [7, 11) is 0. The lowest BCUT2D eigenvalue weighted by Crippen LogP contribution is -2.49. The van der Waals surface area contributed by atoms with Gasteiger partial charge in [0.15, 0.2) is 0 Å². The van der Waals surface area contributed by atoms with Gasteiger partial charge in [0.05, 0.1) is 0 Å². The fourth-order valence-corrected chi connectivity index (χ4v) is 7.03. The number of rotatable bonds is 13. The van der Waals surface area contributed by atoms with Crippen molar-refractivity contribution in [1.29, 1.82) is 0 Å². The van der Waals surface area contributed by atoms with E-state index in [0.29, 0.717) is 23.8 Å². The van der Waals surface area contributed by atoms with Crippen molar-refractivity contribution in [1.82, 2.24) is 10.2 Å². The summed E-state index contributed by atoms with van der Waals surface area (Å²) in [5.74, 6) is -0.664. The second-order valence-electron chi connectivity index (χ2n) is 11.8. The van der Waals surface area contributed by atoms with Crippen molar-refractivity contribution in [2.24, 2.45) is 0 Å². The van der Waals surface area contributed by atoms with Gasteiger partial charge in [-0.1, -0.05) is 73.5 Å². The molecule has 0 spiro atoms. The fourth-order valence-electron chi connectivity index (χ4n) is 6.56. The maximum Gasteiger partial charge on any atom is 0.326 e. The van der Waals surface area contributed by atoms with Crippen LogP contribution < -0.4 is 5.32 Å². The number of nitrogens with zero attached hydrogens (tertiary/aromatic N) is 1. The first-order chi connectivity index (χ1) is 19.9. The molecule has 3 aromatic rings. The van der Waals surface area contributed by atoms with Crippen molar-refractivity contribution >= 4 is 23.6 Å². The number of aryl methyl sites for hydroxylation is 1. The molecule has 2 N–H and O–H groups in total. The van der Waals surface area contributed by atoms with Gasteiger partial charge in [-0.05, 0) is 97.4 Å². The average Bonchev–Trinajstić information content (AvgIpc) is 3.71. The number of carboxylic acid groups (broad SMARTS) is 1. The normalized spacial score (nSPS) is 17.0. The Kier molecular flexibility index (Phi) is 9.51. The van der Waals surface area contributed by atoms with E-state index in [1.807, 2.05) is 24.5 Å². The van der Waals surface area contributed by atoms with Crippen LogP contribution in [0.1, 0.15) is 72.0 Å². The zero-order valence-electron chi connectivity index (χ0n) is 24.3. The van der Waals surface area contributed by atoms with Crippen LogP contribution in [0.25, 0.3) is 11.1 Å². The van der Waals surface area contributed by atoms with Crippen molar-refractivity contribution in [3.8, 4) is 11.1 Å². The number of thioether (sulfide) groups is 1. The van der Waals surface area contributed by atoms with Gasteiger partial charge in [-0.15, -0.1) is 0 Å². The van der Waals surface area contributed by atoms with E-state index in [1.54, 1.807) is 11.8 Å². The minimum absolute atomic E-state index is 0.160. The van der Waals surface area contributed by atoms with Gasteiger partial charge in [0, 0.05) is 23.7 Å². The van der Waals surface area contributed by atoms with E-state index in [2.05, 4.69) is 71.7 Å². The van der Waals surface area contributed by atoms with Crippen LogP contribution in [0.5, 0.6) is 0 Å². The summed E-state index contributed by atoms with van der Waals surface area (Å²) >= 11 is 1.58. The van der Waals surface area contributed by atoms with Crippen LogP contribution in [-0.4, -0.2) is 51.5 Å². The standard InChI is InChI=1S/C35H42N2O3S/c1-25-10-6-7-13-29(25)31-22-27(14-17-30(31)33(38)36-32(34(39)40)18-21-41-2)24-37(28-15-16-28)35(19-8-9-20-35)23-26-11-4-3-5-12-26/h3-7,10-14,17,22,28,32H,8-9,15-16,18-21,23-24H2,1-2H3,(H,36,38)(H,39,40)/t32-/m0/s1. The molecule has 1 amide bonds. The van der Waals surface area contributed by atoms with E-state index in [0.717, 1.165) is 29.7 Å². The zero-order valence-corrected chi connectivity index (χ0v) is 25.1. The molecule has 0 saturated heterocycles. The molecule has 5 rings (SSSR count). The number of amides is 1. The molecule has 0 bridgehead atoms. The minimum atomic E-state index is -0.998. The molecule has 0 radical (unpaired) electrons. The van der Waals surface area contributed by atoms with Gasteiger partial charge in [-0.2, -0.15) is 11.8 Å². The first-order valence-electron chi connectivity index (χ1n) is 14.9. The summed E-state index contributed by atoms with van der Waals surface area (Å²) in [6.07, 6.45) is 10.9. The number of hydrogen-bond donors (Lipinski definition) is 2. The lowest BCUT2D eigenvalue weighted by Gasteiger charge is -2.42. The molecule has 2 fully saturated rings. The molecule has 2 aliphatic rings. The molecule has 0 heterocycles. The monoisotopic (exact) mass is 570 g/mol. The fraction of sp³-hybridized carbons (Fsp3) is 0.429. The molecule has 0 aliphatic heterocycles. The van der Waals surface area contributed by atoms with Gasteiger partial charge in [0.1, 0.15) is 6.04 Å². The lowest BCUT2D eigenvalue weighted by atomic mass is 9.86. The second-order valence-corrected chi connectivity index (χ2v) is 12.8. The van der Waals surface area contributed by atoms with E-state index in [1.165, 1.54) is 49.7 Å². The van der Waals surface area contributed by atoms with Crippen molar-refractivity contribution in [3.63, 3.8) is 0 Å². The number of benzene rings is 3. The Morgan fingerprint density at radius 2 is 1.68 bits per heavy atom. The van der Waals surface area contributed by atoms with Crippen molar-refractivity contribution < 1.29 is 14.7 Å². The predicted octanol–water partition coefficient (Wildman–Crippen LogP) is 7.12. The number of carbonyl (C=O) groups is 2. The zero-order chi connectivity index (χ0) is 28.8. The molecule has 2 aliphatic carbocycles. The SMILES string of the molecule is CSCC[C@H](NC(=O)c1ccc(CN(C2CC2)C2(Cc3ccccc3)CCCC2)cc1-c1ccccc1C)C(=O)O. The van der Waals surface area contributed by atoms with Crippen LogP contribution in [0.15, 0.2) is 72.8 Å². The average molecular weight is 571 g/mol. The Morgan fingerprint density at radius 1 is 0.976 bits per heavy atom. The molecule has 5 nitrogen and oxygen atoms in total. The first-order valence-corrected chi connectivity index (χ1v) is 16.3. The Bertz CT molecular complexity index is 1350. The van der Waals surface area contributed by atoms with Crippen LogP contribution in [0.3, 0.4) is 0 Å². The Balaban J connectivity index is 1.48. The first kappa shape index (κ1) is 29.4. The number of hydrogen-bond acceptors (Lipinski definition) is 4. The number of carboxylic acids is 1. The number of carbonyl (C=O) groups excluding carboxylic acids is 1. The quantitative estimate of drug-likeness (QED) is 0.229. The molecule has 0 aromatic heterocycles. The molecule has 6 heteroatoms. The molecule has 3 aromatic carbocycles. The Labute approximate surface area is 248 Å². The molecule has 1 atom stereocenters. The van der Waals surface area contributed by atoms with E-state index < -0.39 is 12.0 Å². The van der Waals surface area contributed by atoms with E-state index >= 15 is 0 Å². The van der Waals surface area contributed by atoms with Gasteiger partial charge >= 0.3 is 5.97 Å². The summed E-state index contributed by atoms with van der Waals surface area (Å²) in [4.78, 5) is 28.2. The summed E-state index contributed by atoms with van der Waals surface area (Å²) in [6, 6.07) is 24.9. The van der Waals surface area contributed by atoms with Gasteiger partial charge in [-0.25, -0.2) is 4.79 Å². The minimum Gasteiger partial charge on any atom is -0.480 e. The van der Waals surface area contributed by atoms with Gasteiger partial charge < -0.3 is 10.4 Å². The van der Waals surface area contributed by atoms with Crippen molar-refractivity contribution in [2.75, 3.05) is 12.0 Å². The molecular weight excluding hydrogens is 528 g/mol. The lowest BCUT2D eigenvalue weighted by molar-refractivity contribution is -0.139. The van der Waals surface area contributed by atoms with E-state index in [9.17, 15) is 14.7 Å². The van der Waals surface area contributed by atoms with Gasteiger partial charge in [-0.3, -0.25) is 9.69 Å². The number of aliphatic carboxylic acids is 1. The summed E-state index contributed by atoms with van der Waals surface area (Å²) in [5, 5.41) is 12.5. The Hall–Kier alpha value is -3.09. The third kappa shape index (κ3) is 7.04. The molecule has 0 unspecified atom stereocenters. The van der Waals surface area contributed by atoms with Gasteiger partial charge in [0.2, 0.25) is 0 Å². The third-order valence-electron chi connectivity index (χ3n) is 8.84. The Morgan fingerprint density at radius 3 is 2.34 bits per heavy atom. The van der Waals surface area contributed by atoms with Crippen LogP contribution in [0.2, 0.25) is 0 Å². The summed E-state index contributed by atoms with van der Waals surface area (Å²) in [5.41, 5.74) is 6.25.